The number of hydrogen-bond donors (Lipinski definition) is 1. The van der Waals surface area contributed by atoms with E-state index in [0.717, 1.165) is 10.7 Å². The molecule has 2 aromatic rings. The van der Waals surface area contributed by atoms with Gasteiger partial charge in [-0.3, -0.25) is 4.79 Å². The summed E-state index contributed by atoms with van der Waals surface area (Å²) < 4.78 is 0. The second kappa shape index (κ2) is 6.80. The zero-order chi connectivity index (χ0) is 13.7. The zero-order valence-electron chi connectivity index (χ0n) is 9.77. The summed E-state index contributed by atoms with van der Waals surface area (Å²) in [5.41, 5.74) is 0.721. The van der Waals surface area contributed by atoms with Crippen molar-refractivity contribution in [2.45, 2.75) is 5.03 Å². The molecule has 0 unspecified atom stereocenters. The molecule has 0 spiro atoms. The number of rotatable bonds is 4. The smallest absolute Gasteiger partial charge is 0.234 e. The normalized spacial score (nSPS) is 10.2. The third-order valence-electron chi connectivity index (χ3n) is 2.18. The molecule has 98 valence electrons. The quantitative estimate of drug-likeness (QED) is 0.863. The fourth-order valence-corrected chi connectivity index (χ4v) is 2.20. The van der Waals surface area contributed by atoms with E-state index in [4.69, 9.17) is 23.2 Å². The number of carbonyl (C=O) groups is 1. The van der Waals surface area contributed by atoms with E-state index in [1.807, 2.05) is 0 Å². The van der Waals surface area contributed by atoms with Crippen molar-refractivity contribution >= 4 is 46.6 Å². The first-order valence-electron chi connectivity index (χ1n) is 5.43. The van der Waals surface area contributed by atoms with Crippen molar-refractivity contribution in [1.29, 1.82) is 0 Å². The maximum atomic E-state index is 11.7. The minimum atomic E-state index is -0.0935. The third-order valence-corrected chi connectivity index (χ3v) is 3.60. The molecular formula is C13H10Cl2N2OS. The molecule has 1 heterocycles. The number of thioether (sulfide) groups is 1. The van der Waals surface area contributed by atoms with E-state index in [1.165, 1.54) is 11.8 Å². The number of benzene rings is 1. The van der Waals surface area contributed by atoms with E-state index in [-0.39, 0.29) is 11.7 Å². The molecule has 1 N–H and O–H groups in total. The van der Waals surface area contributed by atoms with E-state index >= 15 is 0 Å². The lowest BCUT2D eigenvalue weighted by atomic mass is 10.3. The number of amides is 1. The fourth-order valence-electron chi connectivity index (χ4n) is 1.32. The first kappa shape index (κ1) is 14.2. The minimum Gasteiger partial charge on any atom is -0.325 e. The summed E-state index contributed by atoms with van der Waals surface area (Å²) in [6.45, 7) is 0. The molecular weight excluding hydrogens is 303 g/mol. The van der Waals surface area contributed by atoms with Crippen LogP contribution in [-0.4, -0.2) is 16.6 Å². The lowest BCUT2D eigenvalue weighted by Gasteiger charge is -2.04. The molecule has 1 aromatic heterocycles. The van der Waals surface area contributed by atoms with Crippen molar-refractivity contribution in [2.24, 2.45) is 0 Å². The Hall–Kier alpha value is -1.23. The molecule has 19 heavy (non-hydrogen) atoms. The molecule has 0 aliphatic carbocycles. The molecule has 0 radical (unpaired) electrons. The number of nitrogens with one attached hydrogen (secondary N) is 1. The van der Waals surface area contributed by atoms with Gasteiger partial charge in [0.2, 0.25) is 5.91 Å². The van der Waals surface area contributed by atoms with Gasteiger partial charge in [0, 0.05) is 16.9 Å². The zero-order valence-corrected chi connectivity index (χ0v) is 12.1. The van der Waals surface area contributed by atoms with Gasteiger partial charge in [0.1, 0.15) is 0 Å². The highest BCUT2D eigenvalue weighted by molar-refractivity contribution is 7.99. The van der Waals surface area contributed by atoms with E-state index < -0.39 is 0 Å². The summed E-state index contributed by atoms with van der Waals surface area (Å²) in [5, 5.41) is 4.75. The largest absolute Gasteiger partial charge is 0.325 e. The Morgan fingerprint density at radius 3 is 2.42 bits per heavy atom. The highest BCUT2D eigenvalue weighted by atomic mass is 35.5. The lowest BCUT2D eigenvalue weighted by Crippen LogP contribution is -2.13. The minimum absolute atomic E-state index is 0.0935. The maximum absolute atomic E-state index is 11.7. The summed E-state index contributed by atoms with van der Waals surface area (Å²) in [7, 11) is 0. The number of pyridine rings is 1. The standard InChI is InChI=1S/C13H10Cl2N2OS/c14-9-1-4-11(5-2-9)17-12(18)8-19-13-6-3-10(15)7-16-13/h1-7H,8H2,(H,17,18). The van der Waals surface area contributed by atoms with Crippen molar-refractivity contribution in [3.05, 3.63) is 52.6 Å². The van der Waals surface area contributed by atoms with Crippen molar-refractivity contribution in [3.8, 4) is 0 Å². The van der Waals surface area contributed by atoms with E-state index in [2.05, 4.69) is 10.3 Å². The molecule has 0 saturated carbocycles. The van der Waals surface area contributed by atoms with Crippen molar-refractivity contribution < 1.29 is 4.79 Å². The van der Waals surface area contributed by atoms with Crippen LogP contribution < -0.4 is 5.32 Å². The Kier molecular flexibility index (Phi) is 5.07. The first-order chi connectivity index (χ1) is 9.13. The van der Waals surface area contributed by atoms with Crippen LogP contribution in [0.25, 0.3) is 0 Å². The molecule has 3 nitrogen and oxygen atoms in total. The fraction of sp³-hybridized carbons (Fsp3) is 0.0769. The van der Waals surface area contributed by atoms with Gasteiger partial charge in [-0.2, -0.15) is 0 Å². The summed E-state index contributed by atoms with van der Waals surface area (Å²) in [4.78, 5) is 15.8. The number of hydrogen-bond acceptors (Lipinski definition) is 3. The lowest BCUT2D eigenvalue weighted by molar-refractivity contribution is -0.113. The van der Waals surface area contributed by atoms with Gasteiger partial charge >= 0.3 is 0 Å². The Labute approximate surface area is 125 Å². The second-order valence-corrected chi connectivity index (χ2v) is 5.53. The Morgan fingerprint density at radius 2 is 1.79 bits per heavy atom. The van der Waals surface area contributed by atoms with Crippen LogP contribution in [0.15, 0.2) is 47.6 Å². The van der Waals surface area contributed by atoms with Gasteiger partial charge in [0.05, 0.1) is 15.8 Å². The van der Waals surface area contributed by atoms with E-state index in [9.17, 15) is 4.79 Å². The predicted octanol–water partition coefficient (Wildman–Crippen LogP) is 4.12. The van der Waals surface area contributed by atoms with Crippen LogP contribution in [-0.2, 0) is 4.79 Å². The average molecular weight is 313 g/mol. The first-order valence-corrected chi connectivity index (χ1v) is 7.17. The van der Waals surface area contributed by atoms with Crippen molar-refractivity contribution in [1.82, 2.24) is 4.98 Å². The van der Waals surface area contributed by atoms with Crippen LogP contribution in [0, 0.1) is 0 Å². The van der Waals surface area contributed by atoms with Crippen LogP contribution in [0.4, 0.5) is 5.69 Å². The van der Waals surface area contributed by atoms with Gasteiger partial charge in [0.15, 0.2) is 0 Å². The van der Waals surface area contributed by atoms with E-state index in [0.29, 0.717) is 10.0 Å². The predicted molar refractivity (Wildman–Crippen MR) is 80.1 cm³/mol. The maximum Gasteiger partial charge on any atom is 0.234 e. The van der Waals surface area contributed by atoms with E-state index in [1.54, 1.807) is 42.6 Å². The molecule has 6 heteroatoms. The molecule has 0 bridgehead atoms. The molecule has 0 fully saturated rings. The molecule has 1 aromatic carbocycles. The molecule has 0 aliphatic rings. The van der Waals surface area contributed by atoms with Crippen LogP contribution in [0.2, 0.25) is 10.0 Å². The highest BCUT2D eigenvalue weighted by Gasteiger charge is 2.04. The average Bonchev–Trinajstić information content (AvgIpc) is 2.41. The molecule has 0 aliphatic heterocycles. The molecule has 0 saturated heterocycles. The number of anilines is 1. The Balaban J connectivity index is 1.84. The number of halogens is 2. The Bertz CT molecular complexity index is 558. The summed E-state index contributed by atoms with van der Waals surface area (Å²) in [5.74, 6) is 0.195. The van der Waals surface area contributed by atoms with Crippen LogP contribution >= 0.6 is 35.0 Å². The van der Waals surface area contributed by atoms with Gasteiger partial charge in [-0.15, -0.1) is 0 Å². The van der Waals surface area contributed by atoms with Crippen molar-refractivity contribution in [2.75, 3.05) is 11.1 Å². The summed E-state index contributed by atoms with van der Waals surface area (Å²) in [6, 6.07) is 10.5. The van der Waals surface area contributed by atoms with Crippen LogP contribution in [0.1, 0.15) is 0 Å². The topological polar surface area (TPSA) is 42.0 Å². The monoisotopic (exact) mass is 312 g/mol. The number of carbonyl (C=O) groups excluding carboxylic acids is 1. The van der Waals surface area contributed by atoms with Gasteiger partial charge in [0.25, 0.3) is 0 Å². The summed E-state index contributed by atoms with van der Waals surface area (Å²) >= 11 is 12.9. The SMILES string of the molecule is O=C(CSc1ccc(Cl)cn1)Nc1ccc(Cl)cc1. The third kappa shape index (κ3) is 4.74. The van der Waals surface area contributed by atoms with Gasteiger partial charge in [-0.05, 0) is 36.4 Å². The summed E-state index contributed by atoms with van der Waals surface area (Å²) in [6.07, 6.45) is 1.56. The molecule has 1 amide bonds. The molecule has 0 atom stereocenters. The Morgan fingerprint density at radius 1 is 1.11 bits per heavy atom. The molecule has 2 rings (SSSR count). The number of aromatic nitrogens is 1. The van der Waals surface area contributed by atoms with Gasteiger partial charge in [-0.25, -0.2) is 4.98 Å². The van der Waals surface area contributed by atoms with Gasteiger partial charge < -0.3 is 5.32 Å². The van der Waals surface area contributed by atoms with Crippen molar-refractivity contribution in [3.63, 3.8) is 0 Å². The second-order valence-electron chi connectivity index (χ2n) is 3.66. The highest BCUT2D eigenvalue weighted by Crippen LogP contribution is 2.18. The van der Waals surface area contributed by atoms with Crippen LogP contribution in [0.5, 0.6) is 0 Å². The van der Waals surface area contributed by atoms with Crippen LogP contribution in [0.3, 0.4) is 0 Å². The number of nitrogens with zero attached hydrogens (tertiary/aromatic N) is 1. The van der Waals surface area contributed by atoms with Gasteiger partial charge in [-0.1, -0.05) is 35.0 Å².